The van der Waals surface area contributed by atoms with Crippen molar-refractivity contribution in [2.24, 2.45) is 5.92 Å². The first-order chi connectivity index (χ1) is 13.7. The summed E-state index contributed by atoms with van der Waals surface area (Å²) in [6, 6.07) is 13.6. The van der Waals surface area contributed by atoms with Crippen molar-refractivity contribution in [3.8, 4) is 5.82 Å². The molecule has 1 fully saturated rings. The predicted octanol–water partition coefficient (Wildman–Crippen LogP) is 3.24. The molecule has 0 saturated carbocycles. The van der Waals surface area contributed by atoms with Crippen molar-refractivity contribution in [3.05, 3.63) is 54.9 Å². The van der Waals surface area contributed by atoms with E-state index >= 15 is 0 Å². The Balaban J connectivity index is 1.34. The molecule has 4 rings (SSSR count). The number of carbonyl (C=O) groups excluding carboxylic acids is 1. The number of piperidine rings is 1. The zero-order valence-corrected chi connectivity index (χ0v) is 16.5. The molecule has 0 radical (unpaired) electrons. The van der Waals surface area contributed by atoms with Crippen LogP contribution in [-0.2, 0) is 4.79 Å². The van der Waals surface area contributed by atoms with Crippen molar-refractivity contribution in [2.45, 2.75) is 17.7 Å². The summed E-state index contributed by atoms with van der Waals surface area (Å²) in [6.07, 6.45) is 7.17. The summed E-state index contributed by atoms with van der Waals surface area (Å²) in [5.74, 6) is 1.64. The fraction of sp³-hybridized carbons (Fsp3) is 0.300. The normalized spacial score (nSPS) is 14.8. The zero-order valence-electron chi connectivity index (χ0n) is 15.7. The first-order valence-electron chi connectivity index (χ1n) is 9.27. The number of carbonyl (C=O) groups is 1. The van der Waals surface area contributed by atoms with E-state index < -0.39 is 0 Å². The maximum atomic E-state index is 12.7. The summed E-state index contributed by atoms with van der Waals surface area (Å²) in [4.78, 5) is 15.9. The van der Waals surface area contributed by atoms with Crippen molar-refractivity contribution in [1.29, 1.82) is 0 Å². The Morgan fingerprint density at radius 2 is 1.82 bits per heavy atom. The number of rotatable bonds is 5. The van der Waals surface area contributed by atoms with Crippen LogP contribution in [0.2, 0.25) is 0 Å². The van der Waals surface area contributed by atoms with Gasteiger partial charge in [-0.1, -0.05) is 12.1 Å². The molecule has 144 valence electrons. The average Bonchev–Trinajstić information content (AvgIpc) is 3.29. The Bertz CT molecular complexity index is 920. The van der Waals surface area contributed by atoms with Gasteiger partial charge in [0.25, 0.3) is 0 Å². The molecular weight excluding hydrogens is 372 g/mol. The molecule has 3 heterocycles. The van der Waals surface area contributed by atoms with Gasteiger partial charge in [-0.3, -0.25) is 4.79 Å². The number of hydrogen-bond donors (Lipinski definition) is 1. The quantitative estimate of drug-likeness (QED) is 0.670. The van der Waals surface area contributed by atoms with Crippen LogP contribution in [0.1, 0.15) is 12.8 Å². The molecule has 28 heavy (non-hydrogen) atoms. The monoisotopic (exact) mass is 394 g/mol. The minimum absolute atomic E-state index is 0.0162. The summed E-state index contributed by atoms with van der Waals surface area (Å²) in [7, 11) is 0. The van der Waals surface area contributed by atoms with E-state index in [-0.39, 0.29) is 11.8 Å². The molecule has 7 nitrogen and oxygen atoms in total. The van der Waals surface area contributed by atoms with Crippen LogP contribution in [0.5, 0.6) is 0 Å². The molecule has 1 N–H and O–H groups in total. The Morgan fingerprint density at radius 3 is 2.50 bits per heavy atom. The molecule has 8 heteroatoms. The van der Waals surface area contributed by atoms with Crippen LogP contribution >= 0.6 is 11.8 Å². The number of nitrogens with zero attached hydrogens (tertiary/aromatic N) is 5. The van der Waals surface area contributed by atoms with Crippen molar-refractivity contribution in [1.82, 2.24) is 20.0 Å². The maximum absolute atomic E-state index is 12.7. The van der Waals surface area contributed by atoms with E-state index in [1.165, 1.54) is 0 Å². The summed E-state index contributed by atoms with van der Waals surface area (Å²) in [5, 5.41) is 15.8. The fourth-order valence-electron chi connectivity index (χ4n) is 3.37. The second-order valence-corrected chi connectivity index (χ2v) is 7.50. The van der Waals surface area contributed by atoms with E-state index in [9.17, 15) is 4.79 Å². The first kappa shape index (κ1) is 18.5. The summed E-state index contributed by atoms with van der Waals surface area (Å²) < 4.78 is 1.68. The Morgan fingerprint density at radius 1 is 1.07 bits per heavy atom. The van der Waals surface area contributed by atoms with Gasteiger partial charge in [0.2, 0.25) is 5.91 Å². The van der Waals surface area contributed by atoms with Crippen LogP contribution in [0, 0.1) is 5.92 Å². The van der Waals surface area contributed by atoms with Crippen LogP contribution in [0.25, 0.3) is 5.82 Å². The van der Waals surface area contributed by atoms with Gasteiger partial charge >= 0.3 is 0 Å². The first-order valence-corrected chi connectivity index (χ1v) is 10.5. The summed E-state index contributed by atoms with van der Waals surface area (Å²) in [6.45, 7) is 1.58. The molecule has 0 bridgehead atoms. The van der Waals surface area contributed by atoms with E-state index in [0.29, 0.717) is 5.82 Å². The lowest BCUT2D eigenvalue weighted by atomic mass is 9.96. The summed E-state index contributed by atoms with van der Waals surface area (Å²) >= 11 is 1.64. The Labute approximate surface area is 168 Å². The molecule has 0 atom stereocenters. The zero-order chi connectivity index (χ0) is 19.3. The van der Waals surface area contributed by atoms with Crippen LogP contribution in [-0.4, -0.2) is 45.2 Å². The molecule has 1 aliphatic rings. The number of anilines is 2. The Kier molecular flexibility index (Phi) is 5.57. The number of amides is 1. The highest BCUT2D eigenvalue weighted by atomic mass is 32.2. The highest BCUT2D eigenvalue weighted by Crippen LogP contribution is 2.27. The molecular formula is C20H22N6OS. The number of thioether (sulfide) groups is 1. The second-order valence-electron chi connectivity index (χ2n) is 6.65. The SMILES string of the molecule is CSc1ccccc1NC(=O)C1CCN(c2ccc(-n3cccn3)nn2)CC1. The third-order valence-electron chi connectivity index (χ3n) is 4.93. The maximum Gasteiger partial charge on any atom is 0.227 e. The second kappa shape index (κ2) is 8.43. The third-order valence-corrected chi connectivity index (χ3v) is 5.73. The largest absolute Gasteiger partial charge is 0.355 e. The number of aromatic nitrogens is 4. The fourth-order valence-corrected chi connectivity index (χ4v) is 3.92. The number of hydrogen-bond acceptors (Lipinski definition) is 6. The number of nitrogens with one attached hydrogen (secondary N) is 1. The van der Waals surface area contributed by atoms with E-state index in [2.05, 4.69) is 25.5 Å². The average molecular weight is 395 g/mol. The van der Waals surface area contributed by atoms with E-state index in [1.54, 1.807) is 22.6 Å². The Hall–Kier alpha value is -2.87. The molecule has 1 saturated heterocycles. The topological polar surface area (TPSA) is 75.9 Å². The van der Waals surface area contributed by atoms with Crippen LogP contribution < -0.4 is 10.2 Å². The van der Waals surface area contributed by atoms with Gasteiger partial charge in [0, 0.05) is 36.3 Å². The van der Waals surface area contributed by atoms with Crippen molar-refractivity contribution >= 4 is 29.2 Å². The van der Waals surface area contributed by atoms with Crippen molar-refractivity contribution < 1.29 is 4.79 Å². The highest BCUT2D eigenvalue weighted by molar-refractivity contribution is 7.98. The van der Waals surface area contributed by atoms with Gasteiger partial charge in [-0.15, -0.1) is 22.0 Å². The molecule has 1 amide bonds. The van der Waals surface area contributed by atoms with Gasteiger partial charge in [0.15, 0.2) is 11.6 Å². The lowest BCUT2D eigenvalue weighted by Crippen LogP contribution is -2.38. The molecule has 2 aromatic heterocycles. The molecule has 0 spiro atoms. The molecule has 0 unspecified atom stereocenters. The lowest BCUT2D eigenvalue weighted by Gasteiger charge is -2.31. The molecule has 1 aliphatic heterocycles. The third kappa shape index (κ3) is 4.01. The van der Waals surface area contributed by atoms with Gasteiger partial charge in [-0.05, 0) is 49.4 Å². The van der Waals surface area contributed by atoms with E-state index in [0.717, 1.165) is 42.3 Å². The predicted molar refractivity (Wildman–Crippen MR) is 111 cm³/mol. The van der Waals surface area contributed by atoms with Crippen LogP contribution in [0.3, 0.4) is 0 Å². The van der Waals surface area contributed by atoms with Crippen molar-refractivity contribution in [3.63, 3.8) is 0 Å². The van der Waals surface area contributed by atoms with E-state index in [1.807, 2.05) is 54.9 Å². The lowest BCUT2D eigenvalue weighted by molar-refractivity contribution is -0.120. The van der Waals surface area contributed by atoms with Crippen molar-refractivity contribution in [2.75, 3.05) is 29.6 Å². The number of benzene rings is 1. The standard InChI is InChI=1S/C20H22N6OS/c1-28-17-6-3-2-5-16(17)22-20(27)15-9-13-25(14-10-15)18-7-8-19(24-23-18)26-12-4-11-21-26/h2-8,11-12,15H,9-10,13-14H2,1H3,(H,22,27). The molecule has 3 aromatic rings. The van der Waals surface area contributed by atoms with Gasteiger partial charge < -0.3 is 10.2 Å². The van der Waals surface area contributed by atoms with Gasteiger partial charge in [-0.2, -0.15) is 5.10 Å². The molecule has 1 aromatic carbocycles. The minimum Gasteiger partial charge on any atom is -0.355 e. The minimum atomic E-state index is 0.0162. The molecule has 0 aliphatic carbocycles. The highest BCUT2D eigenvalue weighted by Gasteiger charge is 2.26. The smallest absolute Gasteiger partial charge is 0.227 e. The van der Waals surface area contributed by atoms with Gasteiger partial charge in [0.05, 0.1) is 5.69 Å². The van der Waals surface area contributed by atoms with Gasteiger partial charge in [0.1, 0.15) is 0 Å². The summed E-state index contributed by atoms with van der Waals surface area (Å²) in [5.41, 5.74) is 0.891. The van der Waals surface area contributed by atoms with Crippen LogP contribution in [0.15, 0.2) is 59.8 Å². The van der Waals surface area contributed by atoms with Gasteiger partial charge in [-0.25, -0.2) is 4.68 Å². The number of para-hydroxylation sites is 1. The van der Waals surface area contributed by atoms with Crippen LogP contribution in [0.4, 0.5) is 11.5 Å². The van der Waals surface area contributed by atoms with E-state index in [4.69, 9.17) is 0 Å².